The number of aryl methyl sites for hydroxylation is 1. The number of hydrogen-bond acceptors (Lipinski definition) is 5. The summed E-state index contributed by atoms with van der Waals surface area (Å²) < 4.78 is 13.7. The van der Waals surface area contributed by atoms with Gasteiger partial charge >= 0.3 is 0 Å². The SMILES string of the molecule is Cc1ccc(N2C[C@@H](c3nnc(NC(=O)c4ccccc4F)s3)CC2=O)cc1Cl. The number of benzene rings is 2. The highest BCUT2D eigenvalue weighted by Crippen LogP contribution is 2.35. The van der Waals surface area contributed by atoms with Crippen molar-refractivity contribution in [3.05, 3.63) is 69.4 Å². The van der Waals surface area contributed by atoms with Gasteiger partial charge in [0.2, 0.25) is 11.0 Å². The van der Waals surface area contributed by atoms with Crippen molar-refractivity contribution < 1.29 is 14.0 Å². The zero-order valence-electron chi connectivity index (χ0n) is 15.4. The lowest BCUT2D eigenvalue weighted by Crippen LogP contribution is -2.24. The topological polar surface area (TPSA) is 75.2 Å². The van der Waals surface area contributed by atoms with Crippen LogP contribution >= 0.6 is 22.9 Å². The van der Waals surface area contributed by atoms with Crippen LogP contribution in [0.2, 0.25) is 5.02 Å². The Hall–Kier alpha value is -2.84. The predicted octanol–water partition coefficient (Wildman–Crippen LogP) is 4.41. The van der Waals surface area contributed by atoms with Crippen LogP contribution in [0.5, 0.6) is 0 Å². The van der Waals surface area contributed by atoms with Gasteiger partial charge in [-0.05, 0) is 36.8 Å². The van der Waals surface area contributed by atoms with Crippen LogP contribution in [0.3, 0.4) is 0 Å². The highest BCUT2D eigenvalue weighted by atomic mass is 35.5. The first-order valence-corrected chi connectivity index (χ1v) is 10.1. The Morgan fingerprint density at radius 3 is 2.83 bits per heavy atom. The predicted molar refractivity (Wildman–Crippen MR) is 110 cm³/mol. The second-order valence-electron chi connectivity index (χ2n) is 6.72. The summed E-state index contributed by atoms with van der Waals surface area (Å²) in [7, 11) is 0. The molecule has 2 aromatic carbocycles. The van der Waals surface area contributed by atoms with E-state index in [4.69, 9.17) is 11.6 Å². The molecule has 0 bridgehead atoms. The third-order valence-electron chi connectivity index (χ3n) is 4.72. The van der Waals surface area contributed by atoms with E-state index in [-0.39, 0.29) is 22.5 Å². The van der Waals surface area contributed by atoms with E-state index >= 15 is 0 Å². The Balaban J connectivity index is 1.47. The number of rotatable bonds is 4. The molecule has 1 saturated heterocycles. The Labute approximate surface area is 175 Å². The lowest BCUT2D eigenvalue weighted by atomic mass is 10.1. The highest BCUT2D eigenvalue weighted by Gasteiger charge is 2.34. The van der Waals surface area contributed by atoms with E-state index in [1.807, 2.05) is 19.1 Å². The summed E-state index contributed by atoms with van der Waals surface area (Å²) in [5, 5.41) is 12.2. The van der Waals surface area contributed by atoms with Crippen LogP contribution in [0.1, 0.15) is 33.3 Å². The fourth-order valence-electron chi connectivity index (χ4n) is 3.13. The Morgan fingerprint density at radius 2 is 2.07 bits per heavy atom. The first kappa shape index (κ1) is 19.5. The van der Waals surface area contributed by atoms with E-state index in [0.29, 0.717) is 23.0 Å². The first-order chi connectivity index (χ1) is 13.9. The molecule has 1 aromatic heterocycles. The summed E-state index contributed by atoms with van der Waals surface area (Å²) in [4.78, 5) is 26.4. The van der Waals surface area contributed by atoms with Crippen molar-refractivity contribution in [1.82, 2.24) is 10.2 Å². The van der Waals surface area contributed by atoms with Gasteiger partial charge in [-0.3, -0.25) is 14.9 Å². The monoisotopic (exact) mass is 430 g/mol. The highest BCUT2D eigenvalue weighted by molar-refractivity contribution is 7.15. The van der Waals surface area contributed by atoms with Crippen LogP contribution in [0.15, 0.2) is 42.5 Å². The Kier molecular flexibility index (Phi) is 5.29. The molecular formula is C20H16ClFN4O2S. The summed E-state index contributed by atoms with van der Waals surface area (Å²) in [5.74, 6) is -1.37. The molecule has 2 amide bonds. The van der Waals surface area contributed by atoms with E-state index in [9.17, 15) is 14.0 Å². The number of anilines is 2. The number of halogens is 2. The molecule has 4 rings (SSSR count). The number of nitrogens with zero attached hydrogens (tertiary/aromatic N) is 3. The van der Waals surface area contributed by atoms with Crippen molar-refractivity contribution in [3.8, 4) is 0 Å². The number of nitrogens with one attached hydrogen (secondary N) is 1. The molecule has 6 nitrogen and oxygen atoms in total. The second kappa shape index (κ2) is 7.88. The van der Waals surface area contributed by atoms with Crippen LogP contribution in [0.25, 0.3) is 0 Å². The largest absolute Gasteiger partial charge is 0.312 e. The molecule has 0 unspecified atom stereocenters. The minimum atomic E-state index is -0.608. The molecule has 0 saturated carbocycles. The molecule has 0 spiro atoms. The number of aromatic nitrogens is 2. The molecular weight excluding hydrogens is 415 g/mol. The number of amides is 2. The van der Waals surface area contributed by atoms with Crippen LogP contribution in [-0.2, 0) is 4.79 Å². The third-order valence-corrected chi connectivity index (χ3v) is 6.13. The van der Waals surface area contributed by atoms with E-state index in [1.54, 1.807) is 17.0 Å². The standard InChI is InChI=1S/C20H16ClFN4O2S/c1-11-6-7-13(9-15(11)21)26-10-12(8-17(26)27)19-24-25-20(29-19)23-18(28)14-4-2-3-5-16(14)22/h2-7,9,12H,8,10H2,1H3,(H,23,25,28)/t12-/m0/s1. The van der Waals surface area contributed by atoms with Crippen molar-refractivity contribution in [1.29, 1.82) is 0 Å². The second-order valence-corrected chi connectivity index (χ2v) is 8.13. The van der Waals surface area contributed by atoms with Gasteiger partial charge in [0, 0.05) is 29.6 Å². The van der Waals surface area contributed by atoms with Gasteiger partial charge in [-0.25, -0.2) is 4.39 Å². The summed E-state index contributed by atoms with van der Waals surface area (Å²) >= 11 is 7.36. The molecule has 2 heterocycles. The minimum Gasteiger partial charge on any atom is -0.312 e. The molecule has 1 N–H and O–H groups in total. The van der Waals surface area contributed by atoms with Gasteiger partial charge in [-0.15, -0.1) is 10.2 Å². The normalized spacial score (nSPS) is 16.3. The van der Waals surface area contributed by atoms with Crippen molar-refractivity contribution in [2.75, 3.05) is 16.8 Å². The van der Waals surface area contributed by atoms with Gasteiger partial charge in [0.15, 0.2) is 0 Å². The van der Waals surface area contributed by atoms with Gasteiger partial charge in [-0.1, -0.05) is 41.1 Å². The van der Waals surface area contributed by atoms with Crippen LogP contribution in [-0.4, -0.2) is 28.6 Å². The minimum absolute atomic E-state index is 0.0259. The summed E-state index contributed by atoms with van der Waals surface area (Å²) in [6.07, 6.45) is 0.293. The van der Waals surface area contributed by atoms with Gasteiger partial charge in [0.05, 0.1) is 5.56 Å². The zero-order valence-corrected chi connectivity index (χ0v) is 16.9. The smallest absolute Gasteiger partial charge is 0.260 e. The fourth-order valence-corrected chi connectivity index (χ4v) is 4.14. The maximum atomic E-state index is 13.7. The number of carbonyl (C=O) groups excluding carboxylic acids is 2. The molecule has 0 radical (unpaired) electrons. The molecule has 1 aliphatic rings. The summed E-state index contributed by atoms with van der Waals surface area (Å²) in [5.41, 5.74) is 1.62. The maximum absolute atomic E-state index is 13.7. The zero-order chi connectivity index (χ0) is 20.5. The maximum Gasteiger partial charge on any atom is 0.260 e. The first-order valence-electron chi connectivity index (χ1n) is 8.88. The molecule has 9 heteroatoms. The molecule has 0 aliphatic carbocycles. The summed E-state index contributed by atoms with van der Waals surface area (Å²) in [6, 6.07) is 11.2. The van der Waals surface area contributed by atoms with Crippen molar-refractivity contribution in [2.24, 2.45) is 0 Å². The van der Waals surface area contributed by atoms with Crippen LogP contribution < -0.4 is 10.2 Å². The van der Waals surface area contributed by atoms with Crippen LogP contribution in [0.4, 0.5) is 15.2 Å². The molecule has 148 valence electrons. The molecule has 3 aromatic rings. The Morgan fingerprint density at radius 1 is 1.28 bits per heavy atom. The van der Waals surface area contributed by atoms with Gasteiger partial charge in [-0.2, -0.15) is 0 Å². The average Bonchev–Trinajstić information content (AvgIpc) is 3.31. The molecule has 1 aliphatic heterocycles. The Bertz CT molecular complexity index is 1100. The average molecular weight is 431 g/mol. The molecule has 1 fully saturated rings. The number of hydrogen-bond donors (Lipinski definition) is 1. The quantitative estimate of drug-likeness (QED) is 0.665. The summed E-state index contributed by atoms with van der Waals surface area (Å²) in [6.45, 7) is 2.35. The molecule has 1 atom stereocenters. The van der Waals surface area contributed by atoms with E-state index in [0.717, 1.165) is 11.3 Å². The van der Waals surface area contributed by atoms with Gasteiger partial charge in [0.1, 0.15) is 10.8 Å². The van der Waals surface area contributed by atoms with E-state index in [1.165, 1.54) is 29.5 Å². The van der Waals surface area contributed by atoms with Crippen molar-refractivity contribution >= 4 is 45.6 Å². The number of carbonyl (C=O) groups is 2. The third kappa shape index (κ3) is 3.99. The molecule has 29 heavy (non-hydrogen) atoms. The lowest BCUT2D eigenvalue weighted by Gasteiger charge is -2.17. The van der Waals surface area contributed by atoms with E-state index in [2.05, 4.69) is 15.5 Å². The van der Waals surface area contributed by atoms with E-state index < -0.39 is 11.7 Å². The van der Waals surface area contributed by atoms with Gasteiger partial charge < -0.3 is 4.90 Å². The van der Waals surface area contributed by atoms with Crippen molar-refractivity contribution in [3.63, 3.8) is 0 Å². The van der Waals surface area contributed by atoms with Crippen molar-refractivity contribution in [2.45, 2.75) is 19.3 Å². The van der Waals surface area contributed by atoms with Crippen LogP contribution in [0, 0.1) is 12.7 Å². The lowest BCUT2D eigenvalue weighted by molar-refractivity contribution is -0.117. The van der Waals surface area contributed by atoms with Gasteiger partial charge in [0.25, 0.3) is 5.91 Å². The fraction of sp³-hybridized carbons (Fsp3) is 0.200.